The maximum atomic E-state index is 12.2. The van der Waals surface area contributed by atoms with Crippen LogP contribution in [0, 0.1) is 17.8 Å². The van der Waals surface area contributed by atoms with E-state index in [1.165, 1.54) is 6.42 Å². The number of carbonyl (C=O) groups is 1. The smallest absolute Gasteiger partial charge is 0.226 e. The van der Waals surface area contributed by atoms with E-state index in [1.54, 1.807) is 0 Å². The largest absolute Gasteiger partial charge is 0.371 e. The lowest BCUT2D eigenvalue weighted by molar-refractivity contribution is -0.190. The zero-order valence-corrected chi connectivity index (χ0v) is 13.8. The summed E-state index contributed by atoms with van der Waals surface area (Å²) in [4.78, 5) is 16.7. The molecule has 0 aromatic rings. The molecule has 0 bridgehead atoms. The molecule has 1 spiro atoms. The summed E-state index contributed by atoms with van der Waals surface area (Å²) >= 11 is 0. The Labute approximate surface area is 128 Å². The van der Waals surface area contributed by atoms with E-state index in [0.717, 1.165) is 52.2 Å². The van der Waals surface area contributed by atoms with E-state index in [-0.39, 0.29) is 5.60 Å². The molecule has 3 aliphatic rings. The van der Waals surface area contributed by atoms with Crippen molar-refractivity contribution in [1.29, 1.82) is 0 Å². The highest BCUT2D eigenvalue weighted by atomic mass is 16.5. The molecule has 2 heterocycles. The third kappa shape index (κ3) is 3.11. The highest BCUT2D eigenvalue weighted by Gasteiger charge is 2.52. The Morgan fingerprint density at radius 2 is 2.00 bits per heavy atom. The lowest BCUT2D eigenvalue weighted by Crippen LogP contribution is -2.66. The Balaban J connectivity index is 1.41. The molecule has 3 rings (SSSR count). The molecular weight excluding hydrogens is 264 g/mol. The van der Waals surface area contributed by atoms with Crippen LogP contribution < -0.4 is 0 Å². The number of carbonyl (C=O) groups excluding carboxylic acids is 1. The van der Waals surface area contributed by atoms with E-state index in [1.807, 2.05) is 4.90 Å². The van der Waals surface area contributed by atoms with Gasteiger partial charge in [0.05, 0.1) is 19.7 Å². The minimum absolute atomic E-state index is 0.00749. The minimum Gasteiger partial charge on any atom is -0.371 e. The van der Waals surface area contributed by atoms with E-state index < -0.39 is 0 Å². The molecule has 0 radical (unpaired) electrons. The quantitative estimate of drug-likeness (QED) is 0.777. The lowest BCUT2D eigenvalue weighted by Gasteiger charge is -2.53. The Kier molecular flexibility index (Phi) is 4.28. The predicted octanol–water partition coefficient (Wildman–Crippen LogP) is 1.99. The van der Waals surface area contributed by atoms with E-state index in [0.29, 0.717) is 23.7 Å². The van der Waals surface area contributed by atoms with E-state index in [9.17, 15) is 4.79 Å². The summed E-state index contributed by atoms with van der Waals surface area (Å²) < 4.78 is 6.19. The molecule has 4 heteroatoms. The Hall–Kier alpha value is -0.610. The van der Waals surface area contributed by atoms with E-state index >= 15 is 0 Å². The predicted molar refractivity (Wildman–Crippen MR) is 83.0 cm³/mol. The summed E-state index contributed by atoms with van der Waals surface area (Å²) in [6.45, 7) is 12.6. The normalized spacial score (nSPS) is 34.1. The van der Waals surface area contributed by atoms with Gasteiger partial charge in [0.15, 0.2) is 0 Å². The van der Waals surface area contributed by atoms with Gasteiger partial charge in [-0.2, -0.15) is 0 Å². The number of likely N-dealkylation sites (tertiary alicyclic amines) is 1. The molecule has 3 fully saturated rings. The molecule has 120 valence electrons. The molecule has 0 aromatic heterocycles. The summed E-state index contributed by atoms with van der Waals surface area (Å²) in [5.74, 6) is 1.98. The maximum Gasteiger partial charge on any atom is 0.226 e. The number of rotatable bonds is 5. The number of ether oxygens (including phenoxy) is 1. The molecule has 2 aliphatic heterocycles. The van der Waals surface area contributed by atoms with Gasteiger partial charge in [-0.1, -0.05) is 20.8 Å². The Morgan fingerprint density at radius 3 is 2.48 bits per heavy atom. The van der Waals surface area contributed by atoms with Crippen LogP contribution in [0.4, 0.5) is 0 Å². The summed E-state index contributed by atoms with van der Waals surface area (Å²) in [6, 6.07) is 0. The monoisotopic (exact) mass is 294 g/mol. The van der Waals surface area contributed by atoms with Gasteiger partial charge in [-0.25, -0.2) is 0 Å². The Morgan fingerprint density at radius 1 is 1.33 bits per heavy atom. The molecule has 0 N–H and O–H groups in total. The van der Waals surface area contributed by atoms with Gasteiger partial charge < -0.3 is 14.5 Å². The summed E-state index contributed by atoms with van der Waals surface area (Å²) in [7, 11) is 0. The van der Waals surface area contributed by atoms with Crippen molar-refractivity contribution in [2.75, 3.05) is 39.3 Å². The third-order valence-electron chi connectivity index (χ3n) is 5.74. The molecule has 1 saturated carbocycles. The summed E-state index contributed by atoms with van der Waals surface area (Å²) in [5.41, 5.74) is 0.00749. The van der Waals surface area contributed by atoms with Crippen molar-refractivity contribution in [3.8, 4) is 0 Å². The highest BCUT2D eigenvalue weighted by Crippen LogP contribution is 2.43. The average molecular weight is 294 g/mol. The molecule has 0 unspecified atom stereocenters. The number of amides is 1. The molecule has 0 aromatic carbocycles. The number of hydrogen-bond acceptors (Lipinski definition) is 3. The van der Waals surface area contributed by atoms with E-state index in [4.69, 9.17) is 4.74 Å². The second kappa shape index (κ2) is 5.88. The van der Waals surface area contributed by atoms with Gasteiger partial charge >= 0.3 is 0 Å². The topological polar surface area (TPSA) is 32.8 Å². The van der Waals surface area contributed by atoms with Gasteiger partial charge in [-0.15, -0.1) is 0 Å². The fourth-order valence-corrected chi connectivity index (χ4v) is 3.86. The molecule has 1 amide bonds. The summed E-state index contributed by atoms with van der Waals surface area (Å²) in [5, 5.41) is 0. The van der Waals surface area contributed by atoms with Crippen molar-refractivity contribution in [1.82, 2.24) is 9.80 Å². The van der Waals surface area contributed by atoms with Crippen LogP contribution in [0.3, 0.4) is 0 Å². The molecule has 4 nitrogen and oxygen atoms in total. The van der Waals surface area contributed by atoms with Gasteiger partial charge in [0.2, 0.25) is 5.91 Å². The van der Waals surface area contributed by atoms with E-state index in [2.05, 4.69) is 25.7 Å². The van der Waals surface area contributed by atoms with Gasteiger partial charge in [0, 0.05) is 12.5 Å². The SMILES string of the molecule is CCN(CC)C[C@@H]1CCC2(CN(C(=O)[C@@H]3C[C@H]3C)C2)OC1. The second-order valence-electron chi connectivity index (χ2n) is 7.40. The van der Waals surface area contributed by atoms with Crippen molar-refractivity contribution >= 4 is 5.91 Å². The van der Waals surface area contributed by atoms with Crippen LogP contribution in [0.2, 0.25) is 0 Å². The van der Waals surface area contributed by atoms with Gasteiger partial charge in [-0.3, -0.25) is 4.79 Å². The molecule has 3 atom stereocenters. The zero-order chi connectivity index (χ0) is 15.0. The standard InChI is InChI=1S/C17H30N2O2/c1-4-18(5-2)9-14-6-7-17(21-10-14)11-19(12-17)16(20)15-8-13(15)3/h13-15H,4-12H2,1-3H3/t13-,14+,15-/m1/s1. The van der Waals surface area contributed by atoms with Crippen LogP contribution in [0.25, 0.3) is 0 Å². The average Bonchev–Trinajstić information content (AvgIpc) is 3.19. The first kappa shape index (κ1) is 15.3. The molecule has 21 heavy (non-hydrogen) atoms. The third-order valence-corrected chi connectivity index (χ3v) is 5.74. The van der Waals surface area contributed by atoms with Crippen LogP contribution in [0.1, 0.15) is 40.0 Å². The van der Waals surface area contributed by atoms with Gasteiger partial charge in [0.1, 0.15) is 5.60 Å². The van der Waals surface area contributed by atoms with Crippen LogP contribution in [-0.2, 0) is 9.53 Å². The zero-order valence-electron chi connectivity index (χ0n) is 13.8. The molecule has 2 saturated heterocycles. The van der Waals surface area contributed by atoms with Crippen molar-refractivity contribution in [3.05, 3.63) is 0 Å². The van der Waals surface area contributed by atoms with Crippen LogP contribution in [0.5, 0.6) is 0 Å². The van der Waals surface area contributed by atoms with Crippen LogP contribution in [0.15, 0.2) is 0 Å². The highest BCUT2D eigenvalue weighted by molar-refractivity contribution is 5.82. The fraction of sp³-hybridized carbons (Fsp3) is 0.941. The van der Waals surface area contributed by atoms with Gasteiger partial charge in [-0.05, 0) is 44.2 Å². The van der Waals surface area contributed by atoms with Crippen molar-refractivity contribution in [2.45, 2.75) is 45.6 Å². The Bertz CT molecular complexity index is 378. The molecule has 1 aliphatic carbocycles. The van der Waals surface area contributed by atoms with Crippen LogP contribution in [-0.4, -0.2) is 60.6 Å². The second-order valence-corrected chi connectivity index (χ2v) is 7.40. The molecular formula is C17H30N2O2. The van der Waals surface area contributed by atoms with Gasteiger partial charge in [0.25, 0.3) is 0 Å². The first-order valence-electron chi connectivity index (χ1n) is 8.72. The maximum absolute atomic E-state index is 12.2. The van der Waals surface area contributed by atoms with Crippen molar-refractivity contribution < 1.29 is 9.53 Å². The van der Waals surface area contributed by atoms with Crippen LogP contribution >= 0.6 is 0 Å². The lowest BCUT2D eigenvalue weighted by atomic mass is 9.82. The first-order valence-corrected chi connectivity index (χ1v) is 8.72. The van der Waals surface area contributed by atoms with Crippen molar-refractivity contribution in [2.24, 2.45) is 17.8 Å². The summed E-state index contributed by atoms with van der Waals surface area (Å²) in [6.07, 6.45) is 3.47. The number of nitrogens with zero attached hydrogens (tertiary/aromatic N) is 2. The van der Waals surface area contributed by atoms with Crippen molar-refractivity contribution in [3.63, 3.8) is 0 Å². The fourth-order valence-electron chi connectivity index (χ4n) is 3.86. The number of hydrogen-bond donors (Lipinski definition) is 0. The first-order chi connectivity index (χ1) is 10.1. The minimum atomic E-state index is 0.00749.